The molecule has 0 saturated carbocycles. The molecule has 2 N–H and O–H groups in total. The Kier molecular flexibility index (Phi) is 6.40. The number of aromatic nitrogens is 4. The lowest BCUT2D eigenvalue weighted by atomic mass is 10.1. The van der Waals surface area contributed by atoms with Crippen molar-refractivity contribution in [3.8, 4) is 11.4 Å². The predicted octanol–water partition coefficient (Wildman–Crippen LogP) is 2.51. The number of likely N-dealkylation sites (tertiary alicyclic amines) is 1. The van der Waals surface area contributed by atoms with Crippen molar-refractivity contribution in [1.29, 1.82) is 0 Å². The minimum atomic E-state index is -0.232. The third kappa shape index (κ3) is 5.04. The highest BCUT2D eigenvalue weighted by molar-refractivity contribution is 6.31. The minimum Gasteiger partial charge on any atom is -0.331 e. The number of carbonyl (C=O) groups excluding carboxylic acids is 1. The van der Waals surface area contributed by atoms with Crippen LogP contribution < -0.4 is 10.2 Å². The second-order valence-electron chi connectivity index (χ2n) is 7.79. The zero-order valence-electron chi connectivity index (χ0n) is 17.1. The van der Waals surface area contributed by atoms with E-state index in [4.69, 9.17) is 11.6 Å². The lowest BCUT2D eigenvalue weighted by molar-refractivity contribution is -0.918. The Hall–Kier alpha value is -2.77. The van der Waals surface area contributed by atoms with E-state index in [0.29, 0.717) is 16.5 Å². The van der Waals surface area contributed by atoms with Crippen molar-refractivity contribution < 1.29 is 9.69 Å². The van der Waals surface area contributed by atoms with Gasteiger partial charge in [-0.1, -0.05) is 41.9 Å². The molecule has 156 valence electrons. The van der Waals surface area contributed by atoms with Crippen LogP contribution in [0.15, 0.2) is 42.5 Å². The van der Waals surface area contributed by atoms with E-state index in [1.54, 1.807) is 17.0 Å². The first-order valence-corrected chi connectivity index (χ1v) is 10.7. The van der Waals surface area contributed by atoms with E-state index in [2.05, 4.69) is 32.9 Å². The number of hydrogen-bond acceptors (Lipinski definition) is 4. The van der Waals surface area contributed by atoms with Crippen molar-refractivity contribution in [2.45, 2.75) is 39.3 Å². The van der Waals surface area contributed by atoms with Gasteiger partial charge in [-0.3, -0.25) is 4.79 Å². The number of anilines is 1. The largest absolute Gasteiger partial charge is 0.331 e. The van der Waals surface area contributed by atoms with Gasteiger partial charge in [-0.2, -0.15) is 4.80 Å². The summed E-state index contributed by atoms with van der Waals surface area (Å²) in [5, 5.41) is 15.9. The van der Waals surface area contributed by atoms with Crippen LogP contribution in [0, 0.1) is 6.92 Å². The molecule has 2 heterocycles. The summed E-state index contributed by atoms with van der Waals surface area (Å²) in [5.41, 5.74) is 3.72. The maximum Gasteiger partial charge on any atom is 0.248 e. The highest BCUT2D eigenvalue weighted by atomic mass is 35.5. The summed E-state index contributed by atoms with van der Waals surface area (Å²) in [6.45, 7) is 5.42. The third-order valence-corrected chi connectivity index (χ3v) is 5.92. The molecule has 0 radical (unpaired) electrons. The molecule has 1 saturated heterocycles. The zero-order valence-corrected chi connectivity index (χ0v) is 17.8. The molecule has 3 aromatic rings. The average Bonchev–Trinajstić information content (AvgIpc) is 3.21. The molecule has 0 aliphatic carbocycles. The molecule has 0 atom stereocenters. The lowest BCUT2D eigenvalue weighted by Gasteiger charge is -2.23. The monoisotopic (exact) mass is 425 g/mol. The molecular weight excluding hydrogens is 400 g/mol. The van der Waals surface area contributed by atoms with E-state index in [1.807, 2.05) is 25.1 Å². The van der Waals surface area contributed by atoms with Crippen LogP contribution in [0.1, 0.15) is 30.4 Å². The van der Waals surface area contributed by atoms with Gasteiger partial charge < -0.3 is 10.2 Å². The molecule has 4 rings (SSSR count). The number of hydrogen-bond donors (Lipinski definition) is 2. The molecule has 1 aliphatic heterocycles. The molecule has 0 spiro atoms. The second kappa shape index (κ2) is 9.36. The van der Waals surface area contributed by atoms with E-state index in [9.17, 15) is 4.79 Å². The third-order valence-electron chi connectivity index (χ3n) is 5.51. The quantitative estimate of drug-likeness (QED) is 0.636. The van der Waals surface area contributed by atoms with Gasteiger partial charge in [0.1, 0.15) is 13.1 Å². The molecular formula is C22H26ClN6O+. The zero-order chi connectivity index (χ0) is 20.9. The van der Waals surface area contributed by atoms with Crippen molar-refractivity contribution in [2.75, 3.05) is 18.4 Å². The summed E-state index contributed by atoms with van der Waals surface area (Å²) in [6.07, 6.45) is 4.01. The van der Waals surface area contributed by atoms with Gasteiger partial charge in [0.25, 0.3) is 0 Å². The Labute approximate surface area is 181 Å². The van der Waals surface area contributed by atoms with Crippen molar-refractivity contribution >= 4 is 23.2 Å². The van der Waals surface area contributed by atoms with Crippen LogP contribution in [0.2, 0.25) is 5.02 Å². The van der Waals surface area contributed by atoms with Gasteiger partial charge in [0, 0.05) is 21.8 Å². The summed E-state index contributed by atoms with van der Waals surface area (Å²) < 4.78 is 0. The van der Waals surface area contributed by atoms with E-state index in [-0.39, 0.29) is 12.5 Å². The van der Waals surface area contributed by atoms with Gasteiger partial charge in [-0.25, -0.2) is 0 Å². The standard InChI is InChI=1S/C22H25ClN6O/c1-16-19(23)6-5-7-20(16)24-21(30)15-29-26-22(25-27-29)18-10-8-17(9-11-18)14-28-12-3-2-4-13-28/h5-11H,2-4,12-15H2,1H3,(H,24,30)/p+1. The van der Waals surface area contributed by atoms with E-state index in [0.717, 1.165) is 17.7 Å². The van der Waals surface area contributed by atoms with Crippen LogP contribution >= 0.6 is 11.6 Å². The van der Waals surface area contributed by atoms with E-state index < -0.39 is 0 Å². The first kappa shape index (κ1) is 20.5. The first-order valence-electron chi connectivity index (χ1n) is 10.3. The Morgan fingerprint density at radius 2 is 1.90 bits per heavy atom. The van der Waals surface area contributed by atoms with Crippen molar-refractivity contribution in [1.82, 2.24) is 20.2 Å². The van der Waals surface area contributed by atoms with Gasteiger partial charge in [-0.15, -0.1) is 10.2 Å². The van der Waals surface area contributed by atoms with Crippen LogP contribution in [-0.2, 0) is 17.9 Å². The SMILES string of the molecule is Cc1c(Cl)cccc1NC(=O)Cn1nnc(-c2ccc(C[NH+]3CCCCC3)cc2)n1. The molecule has 2 aromatic carbocycles. The number of nitrogens with zero attached hydrogens (tertiary/aromatic N) is 4. The number of piperidine rings is 1. The van der Waals surface area contributed by atoms with Gasteiger partial charge in [0.2, 0.25) is 11.7 Å². The van der Waals surface area contributed by atoms with Gasteiger partial charge in [-0.05, 0) is 49.1 Å². The maximum atomic E-state index is 12.3. The molecule has 0 unspecified atom stereocenters. The van der Waals surface area contributed by atoms with Crippen LogP contribution in [-0.4, -0.2) is 39.2 Å². The van der Waals surface area contributed by atoms with Crippen LogP contribution in [0.4, 0.5) is 5.69 Å². The summed E-state index contributed by atoms with van der Waals surface area (Å²) in [4.78, 5) is 15.3. The summed E-state index contributed by atoms with van der Waals surface area (Å²) in [5.74, 6) is 0.280. The number of nitrogens with one attached hydrogen (secondary N) is 2. The second-order valence-corrected chi connectivity index (χ2v) is 8.20. The minimum absolute atomic E-state index is 0.0185. The number of carbonyl (C=O) groups is 1. The Balaban J connectivity index is 1.36. The molecule has 0 bridgehead atoms. The predicted molar refractivity (Wildman–Crippen MR) is 116 cm³/mol. The molecule has 1 amide bonds. The molecule has 30 heavy (non-hydrogen) atoms. The first-order chi connectivity index (χ1) is 14.6. The molecule has 8 heteroatoms. The fraction of sp³-hybridized carbons (Fsp3) is 0.364. The molecule has 1 aliphatic rings. The van der Waals surface area contributed by atoms with Crippen LogP contribution in [0.5, 0.6) is 0 Å². The molecule has 1 fully saturated rings. The molecule has 7 nitrogen and oxygen atoms in total. The Morgan fingerprint density at radius 1 is 1.13 bits per heavy atom. The number of quaternary nitrogens is 1. The van der Waals surface area contributed by atoms with Crippen LogP contribution in [0.3, 0.4) is 0 Å². The van der Waals surface area contributed by atoms with Gasteiger partial charge >= 0.3 is 0 Å². The number of benzene rings is 2. The number of rotatable bonds is 6. The lowest BCUT2D eigenvalue weighted by Crippen LogP contribution is -3.11. The Morgan fingerprint density at radius 3 is 2.67 bits per heavy atom. The highest BCUT2D eigenvalue weighted by Crippen LogP contribution is 2.22. The summed E-state index contributed by atoms with van der Waals surface area (Å²) in [6, 6.07) is 13.7. The number of halogens is 1. The number of amides is 1. The molecule has 1 aromatic heterocycles. The number of tetrazole rings is 1. The Bertz CT molecular complexity index is 1010. The fourth-order valence-electron chi connectivity index (χ4n) is 3.78. The van der Waals surface area contributed by atoms with Crippen LogP contribution in [0.25, 0.3) is 11.4 Å². The van der Waals surface area contributed by atoms with E-state index >= 15 is 0 Å². The van der Waals surface area contributed by atoms with Crippen molar-refractivity contribution in [3.63, 3.8) is 0 Å². The van der Waals surface area contributed by atoms with Gasteiger partial charge in [0.15, 0.2) is 0 Å². The average molecular weight is 426 g/mol. The summed E-state index contributed by atoms with van der Waals surface area (Å²) in [7, 11) is 0. The highest BCUT2D eigenvalue weighted by Gasteiger charge is 2.15. The van der Waals surface area contributed by atoms with Crippen molar-refractivity contribution in [2.24, 2.45) is 0 Å². The van der Waals surface area contributed by atoms with Gasteiger partial charge in [0.05, 0.1) is 13.1 Å². The smallest absolute Gasteiger partial charge is 0.248 e. The normalized spacial score (nSPS) is 14.6. The fourth-order valence-corrected chi connectivity index (χ4v) is 3.95. The maximum absolute atomic E-state index is 12.3. The summed E-state index contributed by atoms with van der Waals surface area (Å²) >= 11 is 6.10. The topological polar surface area (TPSA) is 77.1 Å². The van der Waals surface area contributed by atoms with E-state index in [1.165, 1.54) is 42.7 Å². The van der Waals surface area contributed by atoms with Crippen molar-refractivity contribution in [3.05, 3.63) is 58.6 Å².